The number of aryl methyl sites for hydroxylation is 1. The zero-order chi connectivity index (χ0) is 13.8. The van der Waals surface area contributed by atoms with E-state index in [0.717, 1.165) is 48.7 Å². The fraction of sp³-hybridized carbons (Fsp3) is 0.533. The molecular formula is C15H19BrClNO. The molecule has 2 rings (SSSR count). The molecule has 0 saturated carbocycles. The number of carbonyl (C=O) groups is 1. The van der Waals surface area contributed by atoms with Crippen LogP contribution >= 0.6 is 27.5 Å². The largest absolute Gasteiger partial charge is 0.336 e. The molecule has 1 unspecified atom stereocenters. The SMILES string of the molecule is Cc1cc(C(=O)N2CCCC2CCCBr)ccc1Cl. The number of likely N-dealkylation sites (tertiary alicyclic amines) is 1. The van der Waals surface area contributed by atoms with Crippen LogP contribution in [0.3, 0.4) is 0 Å². The van der Waals surface area contributed by atoms with E-state index in [-0.39, 0.29) is 5.91 Å². The number of hydrogen-bond donors (Lipinski definition) is 0. The van der Waals surface area contributed by atoms with Crippen molar-refractivity contribution in [3.8, 4) is 0 Å². The van der Waals surface area contributed by atoms with Gasteiger partial charge in [0.1, 0.15) is 0 Å². The molecule has 104 valence electrons. The van der Waals surface area contributed by atoms with Gasteiger partial charge in [-0.2, -0.15) is 0 Å². The van der Waals surface area contributed by atoms with E-state index in [1.54, 1.807) is 0 Å². The summed E-state index contributed by atoms with van der Waals surface area (Å²) in [6, 6.07) is 5.94. The van der Waals surface area contributed by atoms with Crippen molar-refractivity contribution in [3.05, 3.63) is 34.3 Å². The van der Waals surface area contributed by atoms with Crippen LogP contribution in [0.5, 0.6) is 0 Å². The molecule has 0 radical (unpaired) electrons. The highest BCUT2D eigenvalue weighted by atomic mass is 79.9. The maximum atomic E-state index is 12.6. The van der Waals surface area contributed by atoms with E-state index < -0.39 is 0 Å². The summed E-state index contributed by atoms with van der Waals surface area (Å²) in [6.07, 6.45) is 4.45. The molecule has 19 heavy (non-hydrogen) atoms. The first-order chi connectivity index (χ1) is 9.13. The summed E-state index contributed by atoms with van der Waals surface area (Å²) in [7, 11) is 0. The zero-order valence-corrected chi connectivity index (χ0v) is 13.5. The maximum absolute atomic E-state index is 12.6. The van der Waals surface area contributed by atoms with Gasteiger partial charge in [0.2, 0.25) is 0 Å². The van der Waals surface area contributed by atoms with Crippen LogP contribution in [0.25, 0.3) is 0 Å². The van der Waals surface area contributed by atoms with E-state index in [4.69, 9.17) is 11.6 Å². The molecule has 0 spiro atoms. The topological polar surface area (TPSA) is 20.3 Å². The van der Waals surface area contributed by atoms with Gasteiger partial charge in [-0.1, -0.05) is 27.5 Å². The Labute approximate surface area is 128 Å². The molecule has 1 aromatic carbocycles. The fourth-order valence-electron chi connectivity index (χ4n) is 2.66. The van der Waals surface area contributed by atoms with Crippen molar-refractivity contribution >= 4 is 33.4 Å². The quantitative estimate of drug-likeness (QED) is 0.740. The van der Waals surface area contributed by atoms with Crippen LogP contribution in [-0.4, -0.2) is 28.7 Å². The molecule has 2 nitrogen and oxygen atoms in total. The average molecular weight is 345 g/mol. The Morgan fingerprint density at radius 1 is 1.53 bits per heavy atom. The Balaban J connectivity index is 2.11. The van der Waals surface area contributed by atoms with Crippen molar-refractivity contribution in [1.29, 1.82) is 0 Å². The van der Waals surface area contributed by atoms with Gasteiger partial charge in [-0.25, -0.2) is 0 Å². The number of carbonyl (C=O) groups excluding carboxylic acids is 1. The smallest absolute Gasteiger partial charge is 0.254 e. The van der Waals surface area contributed by atoms with E-state index in [9.17, 15) is 4.79 Å². The summed E-state index contributed by atoms with van der Waals surface area (Å²) < 4.78 is 0. The van der Waals surface area contributed by atoms with Gasteiger partial charge in [-0.15, -0.1) is 0 Å². The molecule has 1 heterocycles. The Morgan fingerprint density at radius 3 is 3.00 bits per heavy atom. The lowest BCUT2D eigenvalue weighted by atomic mass is 10.1. The minimum Gasteiger partial charge on any atom is -0.336 e. The van der Waals surface area contributed by atoms with Crippen molar-refractivity contribution in [1.82, 2.24) is 4.90 Å². The Morgan fingerprint density at radius 2 is 2.32 bits per heavy atom. The van der Waals surface area contributed by atoms with Crippen LogP contribution < -0.4 is 0 Å². The van der Waals surface area contributed by atoms with E-state index in [1.165, 1.54) is 0 Å². The number of amides is 1. The normalized spacial score (nSPS) is 18.9. The summed E-state index contributed by atoms with van der Waals surface area (Å²) in [6.45, 7) is 2.82. The van der Waals surface area contributed by atoms with E-state index in [0.29, 0.717) is 11.1 Å². The van der Waals surface area contributed by atoms with Gasteiger partial charge in [0.25, 0.3) is 5.91 Å². The van der Waals surface area contributed by atoms with Crippen molar-refractivity contribution < 1.29 is 4.79 Å². The molecule has 1 fully saturated rings. The number of alkyl halides is 1. The Bertz CT molecular complexity index is 463. The molecule has 4 heteroatoms. The van der Waals surface area contributed by atoms with Crippen LogP contribution in [0.15, 0.2) is 18.2 Å². The Hall–Kier alpha value is -0.540. The monoisotopic (exact) mass is 343 g/mol. The zero-order valence-electron chi connectivity index (χ0n) is 11.2. The van der Waals surface area contributed by atoms with Crippen LogP contribution in [-0.2, 0) is 0 Å². The lowest BCUT2D eigenvalue weighted by Gasteiger charge is -2.25. The predicted octanol–water partition coefficient (Wildman–Crippen LogP) is 4.43. The fourth-order valence-corrected chi connectivity index (χ4v) is 3.10. The van der Waals surface area contributed by atoms with Crippen molar-refractivity contribution in [3.63, 3.8) is 0 Å². The summed E-state index contributed by atoms with van der Waals surface area (Å²) in [5.41, 5.74) is 1.72. The highest BCUT2D eigenvalue weighted by molar-refractivity contribution is 9.09. The second kappa shape index (κ2) is 6.76. The summed E-state index contributed by atoms with van der Waals surface area (Å²) in [5.74, 6) is 0.150. The molecule has 1 atom stereocenters. The second-order valence-electron chi connectivity index (χ2n) is 5.09. The lowest BCUT2D eigenvalue weighted by Crippen LogP contribution is -2.35. The van der Waals surface area contributed by atoms with Gasteiger partial charge >= 0.3 is 0 Å². The number of hydrogen-bond acceptors (Lipinski definition) is 1. The first kappa shape index (κ1) is 14.9. The van der Waals surface area contributed by atoms with E-state index in [2.05, 4.69) is 15.9 Å². The third-order valence-corrected chi connectivity index (χ3v) is 4.70. The number of halogens is 2. The summed E-state index contributed by atoms with van der Waals surface area (Å²) >= 11 is 9.47. The van der Waals surface area contributed by atoms with Gasteiger partial charge in [0, 0.05) is 28.5 Å². The molecule has 0 N–H and O–H groups in total. The third-order valence-electron chi connectivity index (χ3n) is 3.71. The lowest BCUT2D eigenvalue weighted by molar-refractivity contribution is 0.0730. The predicted molar refractivity (Wildman–Crippen MR) is 83.3 cm³/mol. The molecule has 1 aromatic rings. The molecule has 0 aromatic heterocycles. The summed E-state index contributed by atoms with van der Waals surface area (Å²) in [4.78, 5) is 14.6. The van der Waals surface area contributed by atoms with Gasteiger partial charge in [0.15, 0.2) is 0 Å². The first-order valence-electron chi connectivity index (χ1n) is 6.76. The van der Waals surface area contributed by atoms with Gasteiger partial charge < -0.3 is 4.90 Å². The van der Waals surface area contributed by atoms with Gasteiger partial charge in [-0.3, -0.25) is 4.79 Å². The molecule has 0 aliphatic carbocycles. The van der Waals surface area contributed by atoms with Gasteiger partial charge in [0.05, 0.1) is 0 Å². The average Bonchev–Trinajstić information content (AvgIpc) is 2.87. The molecule has 0 bridgehead atoms. The van der Waals surface area contributed by atoms with Crippen molar-refractivity contribution in [2.45, 2.75) is 38.6 Å². The van der Waals surface area contributed by atoms with Crippen LogP contribution in [0.4, 0.5) is 0 Å². The highest BCUT2D eigenvalue weighted by Crippen LogP contribution is 2.25. The van der Waals surface area contributed by atoms with Gasteiger partial charge in [-0.05, 0) is 56.4 Å². The van der Waals surface area contributed by atoms with Crippen LogP contribution in [0.2, 0.25) is 5.02 Å². The second-order valence-corrected chi connectivity index (χ2v) is 6.29. The third kappa shape index (κ3) is 3.51. The minimum absolute atomic E-state index is 0.150. The maximum Gasteiger partial charge on any atom is 0.254 e. The molecular weight excluding hydrogens is 326 g/mol. The van der Waals surface area contributed by atoms with Crippen molar-refractivity contribution in [2.75, 3.05) is 11.9 Å². The summed E-state index contributed by atoms with van der Waals surface area (Å²) in [5, 5.41) is 1.72. The van der Waals surface area contributed by atoms with Crippen LogP contribution in [0.1, 0.15) is 41.6 Å². The highest BCUT2D eigenvalue weighted by Gasteiger charge is 2.28. The molecule has 1 aliphatic rings. The molecule has 1 aliphatic heterocycles. The molecule has 1 saturated heterocycles. The first-order valence-corrected chi connectivity index (χ1v) is 8.26. The number of nitrogens with zero attached hydrogens (tertiary/aromatic N) is 1. The number of benzene rings is 1. The minimum atomic E-state index is 0.150. The standard InChI is InChI=1S/C15H19BrClNO/c1-11-10-12(6-7-14(11)17)15(19)18-9-3-5-13(18)4-2-8-16/h6-7,10,13H,2-5,8-9H2,1H3. The van der Waals surface area contributed by atoms with E-state index >= 15 is 0 Å². The molecule has 1 amide bonds. The Kier molecular flexibility index (Phi) is 5.28. The van der Waals surface area contributed by atoms with E-state index in [1.807, 2.05) is 30.0 Å². The van der Waals surface area contributed by atoms with Crippen LogP contribution in [0, 0.1) is 6.92 Å². The van der Waals surface area contributed by atoms with Crippen molar-refractivity contribution in [2.24, 2.45) is 0 Å². The number of rotatable bonds is 4.